The van der Waals surface area contributed by atoms with Crippen LogP contribution in [0.3, 0.4) is 0 Å². The first-order valence-electron chi connectivity index (χ1n) is 8.10. The van der Waals surface area contributed by atoms with E-state index >= 15 is 0 Å². The lowest BCUT2D eigenvalue weighted by Gasteiger charge is -2.19. The van der Waals surface area contributed by atoms with Crippen LogP contribution in [0.15, 0.2) is 41.8 Å². The topological polar surface area (TPSA) is 73.3 Å². The van der Waals surface area contributed by atoms with Crippen LogP contribution in [0.5, 0.6) is 11.5 Å². The molecule has 0 fully saturated rings. The van der Waals surface area contributed by atoms with Gasteiger partial charge in [-0.2, -0.15) is 0 Å². The predicted octanol–water partition coefficient (Wildman–Crippen LogP) is 3.24. The molecule has 1 aromatic carbocycles. The smallest absolute Gasteiger partial charge is 0.233 e. The SMILES string of the molecule is CCOc1ccc([C@@H](C)NC(=O)[C@H](C)Sc2ncccn2)cc1OC. The molecule has 0 unspecified atom stereocenters. The number of ether oxygens (including phenoxy) is 2. The standard InChI is InChI=1S/C18H23N3O3S/c1-5-24-15-8-7-14(11-16(15)23-4)12(2)21-17(22)13(3)25-18-19-9-6-10-20-18/h6-13H,5H2,1-4H3,(H,21,22)/t12-,13+/m1/s1. The van der Waals surface area contributed by atoms with Crippen molar-refractivity contribution in [2.75, 3.05) is 13.7 Å². The Morgan fingerprint density at radius 2 is 1.96 bits per heavy atom. The molecule has 0 saturated carbocycles. The quantitative estimate of drug-likeness (QED) is 0.575. The van der Waals surface area contributed by atoms with Crippen LogP contribution in [0.25, 0.3) is 0 Å². The summed E-state index contributed by atoms with van der Waals surface area (Å²) in [4.78, 5) is 20.7. The molecule has 0 bridgehead atoms. The lowest BCUT2D eigenvalue weighted by molar-refractivity contribution is -0.120. The van der Waals surface area contributed by atoms with Crippen LogP contribution in [0.2, 0.25) is 0 Å². The highest BCUT2D eigenvalue weighted by Gasteiger charge is 2.19. The second-order valence-corrected chi connectivity index (χ2v) is 6.67. The molecule has 2 rings (SSSR count). The van der Waals surface area contributed by atoms with Gasteiger partial charge in [0.2, 0.25) is 5.91 Å². The Morgan fingerprint density at radius 1 is 1.24 bits per heavy atom. The molecule has 6 nitrogen and oxygen atoms in total. The van der Waals surface area contributed by atoms with Crippen molar-refractivity contribution in [3.05, 3.63) is 42.2 Å². The Morgan fingerprint density at radius 3 is 2.60 bits per heavy atom. The number of benzene rings is 1. The molecular formula is C18H23N3O3S. The Bertz CT molecular complexity index is 697. The molecule has 0 aliphatic rings. The summed E-state index contributed by atoms with van der Waals surface area (Å²) in [7, 11) is 1.60. The first-order chi connectivity index (χ1) is 12.0. The van der Waals surface area contributed by atoms with Gasteiger partial charge >= 0.3 is 0 Å². The molecule has 0 spiro atoms. The number of hydrogen-bond acceptors (Lipinski definition) is 6. The number of carbonyl (C=O) groups excluding carboxylic acids is 1. The van der Waals surface area contributed by atoms with E-state index in [0.717, 1.165) is 5.56 Å². The average molecular weight is 361 g/mol. The van der Waals surface area contributed by atoms with E-state index in [-0.39, 0.29) is 17.2 Å². The Kier molecular flexibility index (Phi) is 7.06. The molecule has 25 heavy (non-hydrogen) atoms. The van der Waals surface area contributed by atoms with Crippen LogP contribution >= 0.6 is 11.8 Å². The number of hydrogen-bond donors (Lipinski definition) is 1. The van der Waals surface area contributed by atoms with E-state index in [0.29, 0.717) is 23.3 Å². The van der Waals surface area contributed by atoms with Crippen molar-refractivity contribution < 1.29 is 14.3 Å². The molecule has 0 aliphatic heterocycles. The van der Waals surface area contributed by atoms with E-state index in [1.807, 2.05) is 39.0 Å². The van der Waals surface area contributed by atoms with Crippen molar-refractivity contribution in [1.82, 2.24) is 15.3 Å². The summed E-state index contributed by atoms with van der Waals surface area (Å²) < 4.78 is 10.9. The van der Waals surface area contributed by atoms with Gasteiger partial charge in [0.25, 0.3) is 0 Å². The molecule has 0 saturated heterocycles. The van der Waals surface area contributed by atoms with Crippen molar-refractivity contribution in [2.45, 2.75) is 37.2 Å². The van der Waals surface area contributed by atoms with Gasteiger partial charge in [-0.05, 0) is 44.5 Å². The second-order valence-electron chi connectivity index (χ2n) is 5.37. The van der Waals surface area contributed by atoms with Crippen molar-refractivity contribution >= 4 is 17.7 Å². The monoisotopic (exact) mass is 361 g/mol. The Labute approximate surface area is 152 Å². The third-order valence-electron chi connectivity index (χ3n) is 3.54. The van der Waals surface area contributed by atoms with E-state index < -0.39 is 0 Å². The number of nitrogens with one attached hydrogen (secondary N) is 1. The van der Waals surface area contributed by atoms with Crippen molar-refractivity contribution in [3.8, 4) is 11.5 Å². The fourth-order valence-corrected chi connectivity index (χ4v) is 2.93. The van der Waals surface area contributed by atoms with Gasteiger partial charge in [0.1, 0.15) is 0 Å². The third kappa shape index (κ3) is 5.35. The number of amides is 1. The first-order valence-corrected chi connectivity index (χ1v) is 8.97. The van der Waals surface area contributed by atoms with Crippen LogP contribution in [0.1, 0.15) is 32.4 Å². The summed E-state index contributed by atoms with van der Waals surface area (Å²) in [5.41, 5.74) is 0.946. The molecule has 1 aromatic heterocycles. The van der Waals surface area contributed by atoms with Gasteiger partial charge in [0, 0.05) is 12.4 Å². The maximum absolute atomic E-state index is 12.4. The number of rotatable bonds is 8. The van der Waals surface area contributed by atoms with Crippen LogP contribution in [-0.4, -0.2) is 34.8 Å². The van der Waals surface area contributed by atoms with Gasteiger partial charge in [-0.1, -0.05) is 17.8 Å². The summed E-state index contributed by atoms with van der Waals surface area (Å²) >= 11 is 1.33. The van der Waals surface area contributed by atoms with Gasteiger partial charge in [0.15, 0.2) is 16.7 Å². The second kappa shape index (κ2) is 9.27. The molecule has 1 amide bonds. The van der Waals surface area contributed by atoms with Crippen LogP contribution < -0.4 is 14.8 Å². The van der Waals surface area contributed by atoms with Crippen LogP contribution in [-0.2, 0) is 4.79 Å². The molecule has 1 heterocycles. The zero-order chi connectivity index (χ0) is 18.2. The van der Waals surface area contributed by atoms with Gasteiger partial charge in [-0.25, -0.2) is 9.97 Å². The van der Waals surface area contributed by atoms with Gasteiger partial charge in [0.05, 0.1) is 25.0 Å². The van der Waals surface area contributed by atoms with E-state index in [1.165, 1.54) is 11.8 Å². The van der Waals surface area contributed by atoms with Gasteiger partial charge in [-0.3, -0.25) is 4.79 Å². The van der Waals surface area contributed by atoms with E-state index in [9.17, 15) is 4.79 Å². The largest absolute Gasteiger partial charge is 0.493 e. The van der Waals surface area contributed by atoms with Crippen molar-refractivity contribution in [3.63, 3.8) is 0 Å². The zero-order valence-electron chi connectivity index (χ0n) is 14.9. The van der Waals surface area contributed by atoms with Crippen LogP contribution in [0.4, 0.5) is 0 Å². The lowest BCUT2D eigenvalue weighted by Crippen LogP contribution is -2.33. The summed E-state index contributed by atoms with van der Waals surface area (Å²) in [6, 6.07) is 7.26. The Balaban J connectivity index is 2.00. The summed E-state index contributed by atoms with van der Waals surface area (Å²) in [6.45, 7) is 6.26. The normalized spacial score (nSPS) is 13.0. The fourth-order valence-electron chi connectivity index (χ4n) is 2.20. The highest BCUT2D eigenvalue weighted by molar-refractivity contribution is 8.00. The maximum atomic E-state index is 12.4. The van der Waals surface area contributed by atoms with Gasteiger partial charge in [-0.15, -0.1) is 0 Å². The fraction of sp³-hybridized carbons (Fsp3) is 0.389. The first kappa shape index (κ1) is 19.1. The zero-order valence-corrected chi connectivity index (χ0v) is 15.7. The Hall–Kier alpha value is -2.28. The minimum atomic E-state index is -0.297. The average Bonchev–Trinajstić information content (AvgIpc) is 2.63. The number of aromatic nitrogens is 2. The number of carbonyl (C=O) groups is 1. The molecule has 2 atom stereocenters. The van der Waals surface area contributed by atoms with E-state index in [4.69, 9.17) is 9.47 Å². The molecule has 134 valence electrons. The lowest BCUT2D eigenvalue weighted by atomic mass is 10.1. The van der Waals surface area contributed by atoms with E-state index in [1.54, 1.807) is 25.6 Å². The highest BCUT2D eigenvalue weighted by atomic mass is 32.2. The summed E-state index contributed by atoms with van der Waals surface area (Å²) in [6.07, 6.45) is 3.32. The predicted molar refractivity (Wildman–Crippen MR) is 98.1 cm³/mol. The maximum Gasteiger partial charge on any atom is 0.233 e. The van der Waals surface area contributed by atoms with Crippen molar-refractivity contribution in [2.24, 2.45) is 0 Å². The van der Waals surface area contributed by atoms with Gasteiger partial charge < -0.3 is 14.8 Å². The summed E-state index contributed by atoms with van der Waals surface area (Å²) in [5.74, 6) is 1.27. The number of nitrogens with zero attached hydrogens (tertiary/aromatic N) is 2. The number of methoxy groups -OCH3 is 1. The molecular weight excluding hydrogens is 338 g/mol. The third-order valence-corrected chi connectivity index (χ3v) is 4.53. The van der Waals surface area contributed by atoms with Crippen molar-refractivity contribution in [1.29, 1.82) is 0 Å². The molecule has 2 aromatic rings. The number of thioether (sulfide) groups is 1. The van der Waals surface area contributed by atoms with Crippen LogP contribution in [0, 0.1) is 0 Å². The minimum absolute atomic E-state index is 0.0715. The molecule has 0 radical (unpaired) electrons. The van der Waals surface area contributed by atoms with E-state index in [2.05, 4.69) is 15.3 Å². The minimum Gasteiger partial charge on any atom is -0.493 e. The molecule has 0 aliphatic carbocycles. The highest BCUT2D eigenvalue weighted by Crippen LogP contribution is 2.30. The summed E-state index contributed by atoms with van der Waals surface area (Å²) in [5, 5.41) is 3.29. The molecule has 1 N–H and O–H groups in total. The molecule has 7 heteroatoms.